The molecule has 0 saturated heterocycles. The van der Waals surface area contributed by atoms with E-state index in [9.17, 15) is 9.18 Å². The molecule has 0 unspecified atom stereocenters. The van der Waals surface area contributed by atoms with Crippen LogP contribution >= 0.6 is 0 Å². The average molecular weight is 412 g/mol. The van der Waals surface area contributed by atoms with Gasteiger partial charge >= 0.3 is 0 Å². The molecule has 0 fully saturated rings. The van der Waals surface area contributed by atoms with Crippen molar-refractivity contribution in [3.05, 3.63) is 102 Å². The van der Waals surface area contributed by atoms with Crippen LogP contribution < -0.4 is 10.6 Å². The molecule has 0 spiro atoms. The standard InChI is InChI=1S/C25H21FN4O/c26-20-10-4-2-8-18(20)24-19-9-3-6-12-22(19)27-14-17(29-24)15-28-25(31)23-13-16-7-1-5-11-21(16)30-23/h1-13,17,27,30H,14-15H2,(H,28,31)/t17-/m0/s1. The van der Waals surface area contributed by atoms with E-state index in [0.717, 1.165) is 22.2 Å². The van der Waals surface area contributed by atoms with Gasteiger partial charge in [0.15, 0.2) is 0 Å². The second kappa shape index (κ2) is 8.07. The van der Waals surface area contributed by atoms with Crippen LogP contribution in [0.15, 0.2) is 83.9 Å². The second-order valence-electron chi connectivity index (χ2n) is 7.52. The van der Waals surface area contributed by atoms with Crippen LogP contribution in [0.3, 0.4) is 0 Å². The number of anilines is 1. The van der Waals surface area contributed by atoms with Crippen LogP contribution in [-0.4, -0.2) is 35.7 Å². The first kappa shape index (κ1) is 19.1. The van der Waals surface area contributed by atoms with E-state index in [4.69, 9.17) is 4.99 Å². The molecule has 0 saturated carbocycles. The van der Waals surface area contributed by atoms with Gasteiger partial charge in [-0.25, -0.2) is 4.39 Å². The number of hydrogen-bond acceptors (Lipinski definition) is 3. The summed E-state index contributed by atoms with van der Waals surface area (Å²) >= 11 is 0. The highest BCUT2D eigenvalue weighted by atomic mass is 19.1. The van der Waals surface area contributed by atoms with Crippen molar-refractivity contribution < 1.29 is 9.18 Å². The number of para-hydroxylation sites is 2. The molecule has 1 aliphatic heterocycles. The molecule has 154 valence electrons. The van der Waals surface area contributed by atoms with E-state index in [0.29, 0.717) is 30.1 Å². The number of aromatic amines is 1. The van der Waals surface area contributed by atoms with E-state index >= 15 is 0 Å². The summed E-state index contributed by atoms with van der Waals surface area (Å²) in [5, 5.41) is 7.33. The first-order valence-electron chi connectivity index (χ1n) is 10.2. The van der Waals surface area contributed by atoms with Crippen molar-refractivity contribution in [2.24, 2.45) is 4.99 Å². The Hall–Kier alpha value is -3.93. The van der Waals surface area contributed by atoms with Gasteiger partial charge in [-0.1, -0.05) is 48.5 Å². The molecule has 3 aromatic carbocycles. The summed E-state index contributed by atoms with van der Waals surface area (Å²) in [6.07, 6.45) is 0. The highest BCUT2D eigenvalue weighted by molar-refractivity contribution is 6.16. The number of nitrogens with zero attached hydrogens (tertiary/aromatic N) is 1. The molecule has 0 radical (unpaired) electrons. The zero-order valence-electron chi connectivity index (χ0n) is 16.7. The van der Waals surface area contributed by atoms with Crippen molar-refractivity contribution >= 4 is 28.2 Å². The molecular weight excluding hydrogens is 391 g/mol. The highest BCUT2D eigenvalue weighted by Gasteiger charge is 2.22. The Labute approximate surface area is 179 Å². The maximum absolute atomic E-state index is 14.6. The first-order valence-corrected chi connectivity index (χ1v) is 10.2. The summed E-state index contributed by atoms with van der Waals surface area (Å²) in [5.74, 6) is -0.514. The van der Waals surface area contributed by atoms with Crippen LogP contribution in [0.2, 0.25) is 0 Å². The number of carbonyl (C=O) groups excluding carboxylic acids is 1. The zero-order chi connectivity index (χ0) is 21.2. The number of rotatable bonds is 4. The van der Waals surface area contributed by atoms with E-state index in [1.165, 1.54) is 6.07 Å². The molecule has 2 heterocycles. The fraction of sp³-hybridized carbons (Fsp3) is 0.120. The van der Waals surface area contributed by atoms with E-state index < -0.39 is 0 Å². The Morgan fingerprint density at radius 2 is 1.74 bits per heavy atom. The van der Waals surface area contributed by atoms with E-state index in [-0.39, 0.29) is 17.8 Å². The molecule has 5 nitrogen and oxygen atoms in total. The third-order valence-corrected chi connectivity index (χ3v) is 5.42. The van der Waals surface area contributed by atoms with Crippen molar-refractivity contribution in [2.75, 3.05) is 18.4 Å². The number of amides is 1. The number of benzodiazepines with no additional fused rings is 1. The summed E-state index contributed by atoms with van der Waals surface area (Å²) in [5.41, 5.74) is 4.20. The molecular formula is C25H21FN4O. The molecule has 6 heteroatoms. The van der Waals surface area contributed by atoms with Gasteiger partial charge in [0.1, 0.15) is 11.5 Å². The molecule has 5 rings (SSSR count). The van der Waals surface area contributed by atoms with Gasteiger partial charge < -0.3 is 15.6 Å². The first-order chi connectivity index (χ1) is 15.2. The quantitative estimate of drug-likeness (QED) is 0.466. The third kappa shape index (κ3) is 3.80. The Morgan fingerprint density at radius 3 is 2.58 bits per heavy atom. The number of carbonyl (C=O) groups is 1. The topological polar surface area (TPSA) is 69.3 Å². The monoisotopic (exact) mass is 412 g/mol. The van der Waals surface area contributed by atoms with E-state index in [2.05, 4.69) is 15.6 Å². The molecule has 4 aromatic rings. The fourth-order valence-corrected chi connectivity index (χ4v) is 3.86. The minimum atomic E-state index is -0.321. The van der Waals surface area contributed by atoms with Gasteiger partial charge in [-0.05, 0) is 30.3 Å². The molecule has 1 amide bonds. The van der Waals surface area contributed by atoms with Gasteiger partial charge in [-0.2, -0.15) is 0 Å². The minimum absolute atomic E-state index is 0.194. The lowest BCUT2D eigenvalue weighted by Crippen LogP contribution is -2.35. The molecule has 0 aliphatic carbocycles. The predicted octanol–water partition coefficient (Wildman–Crippen LogP) is 4.37. The Balaban J connectivity index is 1.41. The van der Waals surface area contributed by atoms with Crippen LogP contribution in [-0.2, 0) is 0 Å². The van der Waals surface area contributed by atoms with Gasteiger partial charge in [-0.15, -0.1) is 0 Å². The maximum atomic E-state index is 14.6. The molecule has 1 aliphatic rings. The van der Waals surface area contributed by atoms with Crippen molar-refractivity contribution in [3.8, 4) is 0 Å². The largest absolute Gasteiger partial charge is 0.382 e. The van der Waals surface area contributed by atoms with Gasteiger partial charge in [0, 0.05) is 40.8 Å². The molecule has 31 heavy (non-hydrogen) atoms. The van der Waals surface area contributed by atoms with E-state index in [1.807, 2.05) is 54.6 Å². The lowest BCUT2D eigenvalue weighted by atomic mass is 10.00. The normalized spacial score (nSPS) is 15.5. The number of aromatic nitrogens is 1. The van der Waals surface area contributed by atoms with Gasteiger partial charge in [0.2, 0.25) is 0 Å². The number of aliphatic imine (C=N–C) groups is 1. The highest BCUT2D eigenvalue weighted by Crippen LogP contribution is 2.25. The minimum Gasteiger partial charge on any atom is -0.382 e. The van der Waals surface area contributed by atoms with Crippen molar-refractivity contribution in [3.63, 3.8) is 0 Å². The summed E-state index contributed by atoms with van der Waals surface area (Å²) < 4.78 is 14.6. The Morgan fingerprint density at radius 1 is 1.00 bits per heavy atom. The van der Waals surface area contributed by atoms with Crippen LogP contribution in [0, 0.1) is 5.82 Å². The number of benzene rings is 3. The van der Waals surface area contributed by atoms with Gasteiger partial charge in [0.05, 0.1) is 11.8 Å². The average Bonchev–Trinajstić information content (AvgIpc) is 3.15. The SMILES string of the molecule is O=C(NC[C@@H]1CNc2ccccc2C(c2ccccc2F)=N1)c1cc2ccccc2[nH]1. The maximum Gasteiger partial charge on any atom is 0.267 e. The van der Waals surface area contributed by atoms with Crippen LogP contribution in [0.4, 0.5) is 10.1 Å². The molecule has 0 bridgehead atoms. The Bertz CT molecular complexity index is 1260. The Kier molecular flexibility index (Phi) is 4.96. The fourth-order valence-electron chi connectivity index (χ4n) is 3.86. The lowest BCUT2D eigenvalue weighted by Gasteiger charge is -2.13. The zero-order valence-corrected chi connectivity index (χ0v) is 16.7. The number of H-pyrrole nitrogens is 1. The van der Waals surface area contributed by atoms with E-state index in [1.54, 1.807) is 18.2 Å². The van der Waals surface area contributed by atoms with Crippen LogP contribution in [0.5, 0.6) is 0 Å². The summed E-state index contributed by atoms with van der Waals surface area (Å²) in [4.78, 5) is 20.7. The van der Waals surface area contributed by atoms with Crippen LogP contribution in [0.1, 0.15) is 21.6 Å². The number of halogens is 1. The number of hydrogen-bond donors (Lipinski definition) is 3. The molecule has 1 aromatic heterocycles. The van der Waals surface area contributed by atoms with Gasteiger partial charge in [-0.3, -0.25) is 9.79 Å². The summed E-state index contributed by atoms with van der Waals surface area (Å²) in [6, 6.07) is 23.7. The van der Waals surface area contributed by atoms with Crippen molar-refractivity contribution in [1.29, 1.82) is 0 Å². The van der Waals surface area contributed by atoms with Crippen LogP contribution in [0.25, 0.3) is 10.9 Å². The van der Waals surface area contributed by atoms with Gasteiger partial charge in [0.25, 0.3) is 5.91 Å². The lowest BCUT2D eigenvalue weighted by molar-refractivity contribution is 0.0947. The number of fused-ring (bicyclic) bond motifs is 2. The van der Waals surface area contributed by atoms with Crippen molar-refractivity contribution in [2.45, 2.75) is 6.04 Å². The number of nitrogens with one attached hydrogen (secondary N) is 3. The second-order valence-corrected chi connectivity index (χ2v) is 7.52. The van der Waals surface area contributed by atoms with Crippen molar-refractivity contribution in [1.82, 2.24) is 10.3 Å². The molecule has 3 N–H and O–H groups in total. The smallest absolute Gasteiger partial charge is 0.267 e. The summed E-state index contributed by atoms with van der Waals surface area (Å²) in [6.45, 7) is 0.856. The predicted molar refractivity (Wildman–Crippen MR) is 121 cm³/mol. The summed E-state index contributed by atoms with van der Waals surface area (Å²) in [7, 11) is 0. The molecule has 1 atom stereocenters. The third-order valence-electron chi connectivity index (χ3n) is 5.42.